The second-order valence-corrected chi connectivity index (χ2v) is 7.96. The van der Waals surface area contributed by atoms with E-state index in [-0.39, 0.29) is 28.5 Å². The van der Waals surface area contributed by atoms with Gasteiger partial charge in [0.15, 0.2) is 0 Å². The first-order valence-corrected chi connectivity index (χ1v) is 10.9. The highest BCUT2D eigenvalue weighted by molar-refractivity contribution is 7.99. The lowest BCUT2D eigenvalue weighted by Gasteiger charge is -2.08. The van der Waals surface area contributed by atoms with E-state index in [9.17, 15) is 14.9 Å². The van der Waals surface area contributed by atoms with Crippen LogP contribution in [0.25, 0.3) is 11.5 Å². The minimum absolute atomic E-state index is 0.0332. The van der Waals surface area contributed by atoms with E-state index >= 15 is 0 Å². The molecule has 3 aromatic carbocycles. The zero-order chi connectivity index (χ0) is 23.2. The van der Waals surface area contributed by atoms with Gasteiger partial charge in [0.05, 0.1) is 10.7 Å². The summed E-state index contributed by atoms with van der Waals surface area (Å²) in [6.45, 7) is 0. The first kappa shape index (κ1) is 22.3. The van der Waals surface area contributed by atoms with Gasteiger partial charge in [0.1, 0.15) is 11.5 Å². The lowest BCUT2D eigenvalue weighted by atomic mass is 10.2. The highest BCUT2D eigenvalue weighted by Gasteiger charge is 2.13. The number of non-ortho nitro benzene ring substituents is 1. The molecule has 1 aromatic heterocycles. The number of rotatable bonds is 8. The van der Waals surface area contributed by atoms with Crippen LogP contribution in [0.3, 0.4) is 0 Å². The number of carbonyl (C=O) groups excluding carboxylic acids is 1. The van der Waals surface area contributed by atoms with Crippen molar-refractivity contribution in [3.05, 3.63) is 87.9 Å². The number of halogens is 1. The third-order valence-corrected chi connectivity index (χ3v) is 5.32. The lowest BCUT2D eigenvalue weighted by molar-refractivity contribution is -0.384. The first-order chi connectivity index (χ1) is 16.0. The van der Waals surface area contributed by atoms with E-state index in [2.05, 4.69) is 15.5 Å². The average Bonchev–Trinajstić information content (AvgIpc) is 3.30. The minimum Gasteiger partial charge on any atom is -0.457 e. The molecule has 0 fully saturated rings. The number of nitro benzene ring substituents is 1. The Balaban J connectivity index is 1.28. The molecule has 33 heavy (non-hydrogen) atoms. The molecule has 0 saturated carbocycles. The van der Waals surface area contributed by atoms with Crippen molar-refractivity contribution in [2.45, 2.75) is 5.22 Å². The molecule has 0 aliphatic heterocycles. The van der Waals surface area contributed by atoms with Gasteiger partial charge in [-0.25, -0.2) is 0 Å². The number of anilines is 1. The van der Waals surface area contributed by atoms with Gasteiger partial charge in [-0.15, -0.1) is 10.2 Å². The minimum atomic E-state index is -0.488. The van der Waals surface area contributed by atoms with Crippen LogP contribution in [-0.2, 0) is 4.79 Å². The van der Waals surface area contributed by atoms with Crippen molar-refractivity contribution in [2.75, 3.05) is 11.1 Å². The van der Waals surface area contributed by atoms with Crippen molar-refractivity contribution >= 4 is 40.6 Å². The van der Waals surface area contributed by atoms with Gasteiger partial charge in [0, 0.05) is 28.4 Å². The summed E-state index contributed by atoms with van der Waals surface area (Å²) in [5.74, 6) is 1.30. The molecule has 1 heterocycles. The molecule has 0 bridgehead atoms. The van der Waals surface area contributed by atoms with Crippen LogP contribution in [0.15, 0.2) is 82.4 Å². The van der Waals surface area contributed by atoms with Crippen molar-refractivity contribution in [1.29, 1.82) is 0 Å². The number of amides is 1. The third kappa shape index (κ3) is 6.09. The predicted molar refractivity (Wildman–Crippen MR) is 124 cm³/mol. The van der Waals surface area contributed by atoms with Gasteiger partial charge < -0.3 is 14.5 Å². The molecular formula is C22H15ClN4O5S. The Morgan fingerprint density at radius 2 is 1.64 bits per heavy atom. The summed E-state index contributed by atoms with van der Waals surface area (Å²) in [5.41, 5.74) is 1.13. The van der Waals surface area contributed by atoms with Crippen molar-refractivity contribution < 1.29 is 18.9 Å². The quantitative estimate of drug-likeness (QED) is 0.189. The number of ether oxygens (including phenoxy) is 1. The van der Waals surface area contributed by atoms with Gasteiger partial charge in [-0.2, -0.15) is 0 Å². The topological polar surface area (TPSA) is 120 Å². The van der Waals surface area contributed by atoms with E-state index in [1.807, 2.05) is 0 Å². The molecule has 0 atom stereocenters. The number of benzene rings is 3. The van der Waals surface area contributed by atoms with Crippen molar-refractivity contribution in [2.24, 2.45) is 0 Å². The fourth-order valence-corrected chi connectivity index (χ4v) is 3.37. The molecule has 11 heteroatoms. The maximum Gasteiger partial charge on any atom is 0.277 e. The molecule has 166 valence electrons. The molecule has 0 aliphatic rings. The summed E-state index contributed by atoms with van der Waals surface area (Å²) >= 11 is 6.94. The van der Waals surface area contributed by atoms with E-state index in [1.54, 1.807) is 48.5 Å². The van der Waals surface area contributed by atoms with Gasteiger partial charge in [-0.05, 0) is 60.7 Å². The highest BCUT2D eigenvalue weighted by Crippen LogP contribution is 2.26. The number of nitrogens with one attached hydrogen (secondary N) is 1. The van der Waals surface area contributed by atoms with Crippen LogP contribution in [0.5, 0.6) is 11.5 Å². The van der Waals surface area contributed by atoms with Crippen molar-refractivity contribution in [1.82, 2.24) is 10.2 Å². The number of hydrogen-bond donors (Lipinski definition) is 1. The summed E-state index contributed by atoms with van der Waals surface area (Å²) in [7, 11) is 0. The van der Waals surface area contributed by atoms with E-state index in [1.165, 1.54) is 24.3 Å². The second kappa shape index (κ2) is 10.2. The largest absolute Gasteiger partial charge is 0.457 e. The molecule has 1 N–H and O–H groups in total. The zero-order valence-corrected chi connectivity index (χ0v) is 18.4. The summed E-state index contributed by atoms with van der Waals surface area (Å²) < 4.78 is 11.2. The molecular weight excluding hydrogens is 468 g/mol. The van der Waals surface area contributed by atoms with E-state index < -0.39 is 4.92 Å². The third-order valence-electron chi connectivity index (χ3n) is 4.25. The summed E-state index contributed by atoms with van der Waals surface area (Å²) in [5, 5.41) is 22.2. The van der Waals surface area contributed by atoms with Crippen LogP contribution in [0.1, 0.15) is 0 Å². The number of aromatic nitrogens is 2. The fourth-order valence-electron chi connectivity index (χ4n) is 2.68. The molecule has 0 spiro atoms. The average molecular weight is 483 g/mol. The van der Waals surface area contributed by atoms with Gasteiger partial charge >= 0.3 is 0 Å². The first-order valence-electron chi connectivity index (χ1n) is 9.51. The summed E-state index contributed by atoms with van der Waals surface area (Å²) in [4.78, 5) is 22.5. The van der Waals surface area contributed by atoms with Gasteiger partial charge in [0.2, 0.25) is 11.8 Å². The van der Waals surface area contributed by atoms with Gasteiger partial charge in [0.25, 0.3) is 10.9 Å². The van der Waals surface area contributed by atoms with Crippen LogP contribution in [0.2, 0.25) is 5.02 Å². The molecule has 0 saturated heterocycles. The molecule has 9 nitrogen and oxygen atoms in total. The Morgan fingerprint density at radius 3 is 2.27 bits per heavy atom. The highest BCUT2D eigenvalue weighted by atomic mass is 35.5. The Morgan fingerprint density at radius 1 is 1.00 bits per heavy atom. The van der Waals surface area contributed by atoms with Crippen LogP contribution in [0.4, 0.5) is 11.4 Å². The molecule has 1 amide bonds. The second-order valence-electron chi connectivity index (χ2n) is 6.59. The van der Waals surface area contributed by atoms with Crippen LogP contribution in [0, 0.1) is 10.1 Å². The van der Waals surface area contributed by atoms with E-state index in [4.69, 9.17) is 20.8 Å². The van der Waals surface area contributed by atoms with E-state index in [0.29, 0.717) is 27.8 Å². The molecule has 0 aliphatic carbocycles. The normalized spacial score (nSPS) is 10.6. The smallest absolute Gasteiger partial charge is 0.277 e. The molecule has 0 radical (unpaired) electrons. The Hall–Kier alpha value is -3.89. The molecule has 4 rings (SSSR count). The number of nitro groups is 1. The monoisotopic (exact) mass is 482 g/mol. The van der Waals surface area contributed by atoms with E-state index in [0.717, 1.165) is 11.8 Å². The Labute approximate surface area is 196 Å². The fraction of sp³-hybridized carbons (Fsp3) is 0.0455. The van der Waals surface area contributed by atoms with Gasteiger partial charge in [-0.3, -0.25) is 14.9 Å². The SMILES string of the molecule is O=C(CSc1nnc(-c2ccc([N+](=O)[O-])cc2)o1)Nc1ccc(Oc2ccc(Cl)cc2)cc1. The number of carbonyl (C=O) groups is 1. The molecule has 0 unspecified atom stereocenters. The number of hydrogen-bond acceptors (Lipinski definition) is 8. The van der Waals surface area contributed by atoms with Crippen LogP contribution < -0.4 is 10.1 Å². The Kier molecular flexibility index (Phi) is 6.86. The van der Waals surface area contributed by atoms with Crippen molar-refractivity contribution in [3.63, 3.8) is 0 Å². The molecule has 4 aromatic rings. The van der Waals surface area contributed by atoms with Crippen LogP contribution >= 0.6 is 23.4 Å². The zero-order valence-electron chi connectivity index (χ0n) is 16.8. The standard InChI is InChI=1S/C22H15ClN4O5S/c23-15-3-9-18(10-4-15)31-19-11-5-16(6-12-19)24-20(28)13-33-22-26-25-21(32-22)14-1-7-17(8-2-14)27(29)30/h1-12H,13H2,(H,24,28). The van der Waals surface area contributed by atoms with Crippen LogP contribution in [-0.4, -0.2) is 26.8 Å². The maximum absolute atomic E-state index is 12.2. The maximum atomic E-state index is 12.2. The summed E-state index contributed by atoms with van der Waals surface area (Å²) in [6.07, 6.45) is 0. The van der Waals surface area contributed by atoms with Crippen molar-refractivity contribution in [3.8, 4) is 23.0 Å². The Bertz CT molecular complexity index is 1260. The summed E-state index contributed by atoms with van der Waals surface area (Å²) in [6, 6.07) is 19.7. The lowest BCUT2D eigenvalue weighted by Crippen LogP contribution is -2.13. The number of nitrogens with zero attached hydrogens (tertiary/aromatic N) is 3. The number of thioether (sulfide) groups is 1. The predicted octanol–water partition coefficient (Wildman–Crippen LogP) is 5.82. The van der Waals surface area contributed by atoms with Gasteiger partial charge in [-0.1, -0.05) is 23.4 Å².